The highest BCUT2D eigenvalue weighted by Gasteiger charge is 2.09. The van der Waals surface area contributed by atoms with Crippen LogP contribution in [-0.4, -0.2) is 9.97 Å². The minimum atomic E-state index is 0.877. The number of aromatic amines is 1. The molecule has 2 nitrogen and oxygen atoms in total. The Bertz CT molecular complexity index is 711. The zero-order valence-electron chi connectivity index (χ0n) is 11.9. The molecule has 1 aromatic heterocycles. The molecule has 3 rings (SSSR count). The van der Waals surface area contributed by atoms with Crippen LogP contribution in [0.25, 0.3) is 11.4 Å². The van der Waals surface area contributed by atoms with Crippen LogP contribution in [0.4, 0.5) is 0 Å². The van der Waals surface area contributed by atoms with E-state index in [2.05, 4.69) is 55.2 Å². The molecule has 0 saturated carbocycles. The molecule has 0 aliphatic heterocycles. The molecule has 0 saturated heterocycles. The van der Waals surface area contributed by atoms with E-state index in [4.69, 9.17) is 4.98 Å². The van der Waals surface area contributed by atoms with Gasteiger partial charge in [0.25, 0.3) is 0 Å². The highest BCUT2D eigenvalue weighted by Crippen LogP contribution is 2.20. The van der Waals surface area contributed by atoms with Crippen molar-refractivity contribution in [2.45, 2.75) is 20.3 Å². The van der Waals surface area contributed by atoms with Crippen molar-refractivity contribution in [2.75, 3.05) is 0 Å². The van der Waals surface area contributed by atoms with E-state index < -0.39 is 0 Å². The summed E-state index contributed by atoms with van der Waals surface area (Å²) in [5.74, 6) is 0.951. The number of nitrogens with one attached hydrogen (secondary N) is 1. The number of H-pyrrole nitrogens is 1. The average molecular weight is 262 g/mol. The van der Waals surface area contributed by atoms with E-state index in [1.54, 1.807) is 0 Å². The summed E-state index contributed by atoms with van der Waals surface area (Å²) < 4.78 is 0. The van der Waals surface area contributed by atoms with Gasteiger partial charge in [-0.3, -0.25) is 0 Å². The second kappa shape index (κ2) is 5.33. The molecule has 2 aromatic carbocycles. The van der Waals surface area contributed by atoms with Gasteiger partial charge in [-0.25, -0.2) is 4.98 Å². The molecule has 2 heteroatoms. The summed E-state index contributed by atoms with van der Waals surface area (Å²) in [6, 6.07) is 18.7. The minimum Gasteiger partial charge on any atom is -0.342 e. The first-order valence-corrected chi connectivity index (χ1v) is 6.89. The smallest absolute Gasteiger partial charge is 0.137 e. The van der Waals surface area contributed by atoms with E-state index >= 15 is 0 Å². The summed E-state index contributed by atoms with van der Waals surface area (Å²) in [5.41, 5.74) is 6.05. The van der Waals surface area contributed by atoms with Crippen molar-refractivity contribution in [2.24, 2.45) is 0 Å². The van der Waals surface area contributed by atoms with Crippen molar-refractivity contribution in [1.82, 2.24) is 9.97 Å². The lowest BCUT2D eigenvalue weighted by molar-refractivity contribution is 1.06. The number of rotatable bonds is 3. The van der Waals surface area contributed by atoms with Gasteiger partial charge in [0.1, 0.15) is 5.82 Å². The van der Waals surface area contributed by atoms with Gasteiger partial charge >= 0.3 is 0 Å². The molecule has 100 valence electrons. The third-order valence-corrected chi connectivity index (χ3v) is 3.65. The van der Waals surface area contributed by atoms with Crippen LogP contribution in [0.5, 0.6) is 0 Å². The number of benzene rings is 2. The molecule has 1 N–H and O–H groups in total. The Hall–Kier alpha value is -2.35. The predicted octanol–water partition coefficient (Wildman–Crippen LogP) is 4.28. The molecule has 20 heavy (non-hydrogen) atoms. The molecule has 0 bridgehead atoms. The van der Waals surface area contributed by atoms with Crippen molar-refractivity contribution in [3.8, 4) is 11.4 Å². The van der Waals surface area contributed by atoms with Crippen LogP contribution in [0, 0.1) is 13.8 Å². The van der Waals surface area contributed by atoms with Crippen molar-refractivity contribution in [3.63, 3.8) is 0 Å². The Morgan fingerprint density at radius 2 is 1.60 bits per heavy atom. The normalized spacial score (nSPS) is 10.7. The molecule has 0 aliphatic carbocycles. The van der Waals surface area contributed by atoms with Gasteiger partial charge in [0.2, 0.25) is 0 Å². The van der Waals surface area contributed by atoms with Gasteiger partial charge in [-0.2, -0.15) is 0 Å². The zero-order chi connectivity index (χ0) is 13.9. The van der Waals surface area contributed by atoms with Gasteiger partial charge < -0.3 is 4.98 Å². The highest BCUT2D eigenvalue weighted by molar-refractivity contribution is 5.55. The molecular formula is C18H18N2. The quantitative estimate of drug-likeness (QED) is 0.749. The van der Waals surface area contributed by atoms with Gasteiger partial charge in [-0.15, -0.1) is 0 Å². The summed E-state index contributed by atoms with van der Waals surface area (Å²) in [6.45, 7) is 4.24. The number of hydrogen-bond donors (Lipinski definition) is 1. The summed E-state index contributed by atoms with van der Waals surface area (Å²) in [7, 11) is 0. The fourth-order valence-electron chi connectivity index (χ4n) is 2.39. The van der Waals surface area contributed by atoms with Crippen molar-refractivity contribution < 1.29 is 0 Å². The van der Waals surface area contributed by atoms with E-state index in [-0.39, 0.29) is 0 Å². The van der Waals surface area contributed by atoms with Gasteiger partial charge in [0, 0.05) is 17.7 Å². The maximum absolute atomic E-state index is 4.76. The molecule has 0 fully saturated rings. The summed E-state index contributed by atoms with van der Waals surface area (Å²) in [6.07, 6.45) is 0.877. The third-order valence-electron chi connectivity index (χ3n) is 3.65. The molecule has 0 atom stereocenters. The second-order valence-electron chi connectivity index (χ2n) is 5.13. The molecule has 3 aromatic rings. The number of nitrogens with zero attached hydrogens (tertiary/aromatic N) is 1. The monoisotopic (exact) mass is 262 g/mol. The molecule has 0 radical (unpaired) electrons. The standard InChI is InChI=1S/C18H18N2/c1-13-8-6-7-11-16(13)12-17-14(2)19-18(20-17)15-9-4-3-5-10-15/h3-11H,12H2,1-2H3,(H,19,20). The first-order chi connectivity index (χ1) is 9.74. The first-order valence-electron chi connectivity index (χ1n) is 6.89. The number of imidazole rings is 1. The number of aryl methyl sites for hydroxylation is 2. The van der Waals surface area contributed by atoms with E-state index in [9.17, 15) is 0 Å². The summed E-state index contributed by atoms with van der Waals surface area (Å²) in [5, 5.41) is 0. The zero-order valence-corrected chi connectivity index (χ0v) is 11.9. The van der Waals surface area contributed by atoms with Gasteiger partial charge in [0.15, 0.2) is 0 Å². The largest absolute Gasteiger partial charge is 0.342 e. The lowest BCUT2D eigenvalue weighted by Crippen LogP contribution is -1.93. The fourth-order valence-corrected chi connectivity index (χ4v) is 2.39. The van der Waals surface area contributed by atoms with Crippen LogP contribution in [0.3, 0.4) is 0 Å². The SMILES string of the molecule is Cc1ccccc1Cc1nc(-c2ccccc2)[nH]c1C. The average Bonchev–Trinajstić information content (AvgIpc) is 2.84. The predicted molar refractivity (Wildman–Crippen MR) is 82.7 cm³/mol. The van der Waals surface area contributed by atoms with Gasteiger partial charge in [-0.05, 0) is 25.0 Å². The lowest BCUT2D eigenvalue weighted by Gasteiger charge is -2.03. The molecule has 1 heterocycles. The van der Waals surface area contributed by atoms with Crippen LogP contribution in [-0.2, 0) is 6.42 Å². The van der Waals surface area contributed by atoms with Crippen LogP contribution in [0.2, 0.25) is 0 Å². The maximum Gasteiger partial charge on any atom is 0.137 e. The molecule has 0 amide bonds. The van der Waals surface area contributed by atoms with Crippen LogP contribution in [0.15, 0.2) is 54.6 Å². The van der Waals surface area contributed by atoms with E-state index in [0.29, 0.717) is 0 Å². The van der Waals surface area contributed by atoms with Crippen LogP contribution < -0.4 is 0 Å². The second-order valence-corrected chi connectivity index (χ2v) is 5.13. The van der Waals surface area contributed by atoms with Gasteiger partial charge in [0.05, 0.1) is 5.69 Å². The van der Waals surface area contributed by atoms with Crippen molar-refractivity contribution >= 4 is 0 Å². The molecule has 0 aliphatic rings. The number of hydrogen-bond acceptors (Lipinski definition) is 1. The fraction of sp³-hybridized carbons (Fsp3) is 0.167. The Kier molecular flexibility index (Phi) is 3.38. The molecule has 0 unspecified atom stereocenters. The van der Waals surface area contributed by atoms with E-state index in [0.717, 1.165) is 29.2 Å². The topological polar surface area (TPSA) is 28.7 Å². The summed E-state index contributed by atoms with van der Waals surface area (Å²) >= 11 is 0. The number of aromatic nitrogens is 2. The van der Waals surface area contributed by atoms with Crippen molar-refractivity contribution in [3.05, 3.63) is 77.1 Å². The maximum atomic E-state index is 4.76. The molecular weight excluding hydrogens is 244 g/mol. The lowest BCUT2D eigenvalue weighted by atomic mass is 10.0. The Labute approximate surface area is 119 Å². The minimum absolute atomic E-state index is 0.877. The Morgan fingerprint density at radius 3 is 2.35 bits per heavy atom. The highest BCUT2D eigenvalue weighted by atomic mass is 14.9. The van der Waals surface area contributed by atoms with Gasteiger partial charge in [-0.1, -0.05) is 54.6 Å². The van der Waals surface area contributed by atoms with Crippen LogP contribution >= 0.6 is 0 Å². The molecule has 0 spiro atoms. The Balaban J connectivity index is 1.92. The van der Waals surface area contributed by atoms with Crippen molar-refractivity contribution in [1.29, 1.82) is 0 Å². The first kappa shape index (κ1) is 12.7. The van der Waals surface area contributed by atoms with E-state index in [1.807, 2.05) is 18.2 Å². The Morgan fingerprint density at radius 1 is 0.900 bits per heavy atom. The summed E-state index contributed by atoms with van der Waals surface area (Å²) in [4.78, 5) is 8.15. The third kappa shape index (κ3) is 2.50. The van der Waals surface area contributed by atoms with E-state index in [1.165, 1.54) is 11.1 Å². The van der Waals surface area contributed by atoms with Crippen LogP contribution in [0.1, 0.15) is 22.5 Å².